The Labute approximate surface area is 119 Å². The molecular weight excluding hydrogens is 260 g/mol. The number of carboxylic acid groups (broad SMARTS) is 1. The van der Waals surface area contributed by atoms with Gasteiger partial charge in [0.2, 0.25) is 0 Å². The summed E-state index contributed by atoms with van der Waals surface area (Å²) >= 11 is 0. The molecule has 0 aromatic heterocycles. The molecule has 8 nitrogen and oxygen atoms in total. The molecule has 0 spiro atoms. The van der Waals surface area contributed by atoms with Crippen LogP contribution in [-0.2, 0) is 4.79 Å². The van der Waals surface area contributed by atoms with E-state index in [1.165, 1.54) is 30.6 Å². The zero-order valence-electron chi connectivity index (χ0n) is 11.8. The van der Waals surface area contributed by atoms with Crippen molar-refractivity contribution in [2.75, 3.05) is 6.54 Å². The first-order chi connectivity index (χ1) is 9.68. The third-order valence-corrected chi connectivity index (χ3v) is 2.71. The lowest BCUT2D eigenvalue weighted by molar-refractivity contribution is -0.137. The summed E-state index contributed by atoms with van der Waals surface area (Å²) in [5.41, 5.74) is 21.6. The van der Waals surface area contributed by atoms with E-state index in [1.54, 1.807) is 0 Å². The van der Waals surface area contributed by atoms with Gasteiger partial charge in [0, 0.05) is 17.9 Å². The van der Waals surface area contributed by atoms with Crippen molar-refractivity contribution in [3.8, 4) is 0 Å². The fourth-order valence-electron chi connectivity index (χ4n) is 1.74. The summed E-state index contributed by atoms with van der Waals surface area (Å²) < 4.78 is 0. The number of nitrogens with zero attached hydrogens (tertiary/aromatic N) is 6. The summed E-state index contributed by atoms with van der Waals surface area (Å²) in [6.07, 6.45) is 10.3. The van der Waals surface area contributed by atoms with Crippen molar-refractivity contribution >= 4 is 5.97 Å². The number of rotatable bonds is 12. The van der Waals surface area contributed by atoms with Crippen LogP contribution in [0.3, 0.4) is 0 Å². The third kappa shape index (κ3) is 25.1. The fourth-order valence-corrected chi connectivity index (χ4v) is 1.74. The van der Waals surface area contributed by atoms with E-state index < -0.39 is 5.97 Å². The fraction of sp³-hybridized carbons (Fsp3) is 0.917. The normalized spacial score (nSPS) is 8.80. The van der Waals surface area contributed by atoms with E-state index in [-0.39, 0.29) is 0 Å². The quantitative estimate of drug-likeness (QED) is 0.228. The summed E-state index contributed by atoms with van der Waals surface area (Å²) in [6.45, 7) is 0.617. The van der Waals surface area contributed by atoms with Gasteiger partial charge in [-0.2, -0.15) is 0 Å². The van der Waals surface area contributed by atoms with E-state index in [2.05, 4.69) is 10.0 Å². The molecule has 0 bridgehead atoms. The summed E-state index contributed by atoms with van der Waals surface area (Å²) in [4.78, 5) is 14.5. The maximum Gasteiger partial charge on any atom is 0.303 e. The minimum Gasteiger partial charge on any atom is -0.481 e. The highest BCUT2D eigenvalue weighted by molar-refractivity contribution is 5.66. The van der Waals surface area contributed by atoms with Crippen LogP contribution in [0, 0.1) is 0 Å². The Kier molecular flexibility index (Phi) is 19.8. The van der Waals surface area contributed by atoms with Gasteiger partial charge in [0.05, 0.1) is 0 Å². The molecule has 0 aromatic carbocycles. The van der Waals surface area contributed by atoms with Crippen molar-refractivity contribution in [1.82, 2.24) is 0 Å². The van der Waals surface area contributed by atoms with Crippen molar-refractivity contribution in [1.29, 1.82) is 0 Å². The smallest absolute Gasteiger partial charge is 0.303 e. The average molecular weight is 283 g/mol. The maximum absolute atomic E-state index is 10.3. The van der Waals surface area contributed by atoms with Gasteiger partial charge in [-0.05, 0) is 18.4 Å². The van der Waals surface area contributed by atoms with Crippen molar-refractivity contribution in [2.45, 2.75) is 64.2 Å². The number of aliphatic carboxylic acids is 1. The zero-order chi connectivity index (χ0) is 15.5. The summed E-state index contributed by atoms with van der Waals surface area (Å²) in [7, 11) is 0. The highest BCUT2D eigenvalue weighted by atomic mass is 16.4. The molecular formula is C12H23N6O2-. The van der Waals surface area contributed by atoms with Gasteiger partial charge in [0.15, 0.2) is 0 Å². The summed E-state index contributed by atoms with van der Waals surface area (Å²) in [5.74, 6) is -0.690. The maximum atomic E-state index is 10.3. The average Bonchev–Trinajstić information content (AvgIpc) is 2.40. The number of carbonyl (C=O) groups is 1. The van der Waals surface area contributed by atoms with Crippen LogP contribution in [0.1, 0.15) is 64.2 Å². The van der Waals surface area contributed by atoms with Crippen LogP contribution in [0.2, 0.25) is 0 Å². The number of azide groups is 1. The van der Waals surface area contributed by atoms with Crippen molar-refractivity contribution in [3.05, 3.63) is 26.4 Å². The molecule has 0 aliphatic carbocycles. The molecule has 0 aromatic rings. The van der Waals surface area contributed by atoms with Crippen LogP contribution in [-0.4, -0.2) is 17.6 Å². The Morgan fingerprint density at radius 3 is 1.65 bits per heavy atom. The molecule has 0 saturated heterocycles. The van der Waals surface area contributed by atoms with Gasteiger partial charge < -0.3 is 16.2 Å². The van der Waals surface area contributed by atoms with Gasteiger partial charge in [-0.1, -0.05) is 50.1 Å². The minimum absolute atomic E-state index is 0.305. The van der Waals surface area contributed by atoms with E-state index in [0.29, 0.717) is 13.0 Å². The van der Waals surface area contributed by atoms with Gasteiger partial charge in [0.25, 0.3) is 0 Å². The Balaban J connectivity index is 0. The van der Waals surface area contributed by atoms with Crippen molar-refractivity contribution < 1.29 is 9.90 Å². The van der Waals surface area contributed by atoms with Crippen LogP contribution in [0.5, 0.6) is 0 Å². The minimum atomic E-state index is -0.690. The molecule has 114 valence electrons. The Morgan fingerprint density at radius 2 is 1.25 bits per heavy atom. The van der Waals surface area contributed by atoms with Gasteiger partial charge >= 0.3 is 5.97 Å². The second-order valence-corrected chi connectivity index (χ2v) is 4.37. The molecule has 8 heteroatoms. The predicted octanol–water partition coefficient (Wildman–Crippen LogP) is 5.15. The molecule has 20 heavy (non-hydrogen) atoms. The van der Waals surface area contributed by atoms with Crippen LogP contribution in [0.4, 0.5) is 0 Å². The second kappa shape index (κ2) is 19.4. The van der Waals surface area contributed by atoms with E-state index in [4.69, 9.17) is 21.7 Å². The summed E-state index contributed by atoms with van der Waals surface area (Å²) in [6, 6.07) is 0. The first-order valence-corrected chi connectivity index (χ1v) is 6.90. The predicted molar refractivity (Wildman–Crippen MR) is 77.9 cm³/mol. The lowest BCUT2D eigenvalue weighted by Gasteiger charge is -2.01. The Bertz CT molecular complexity index is 299. The van der Waals surface area contributed by atoms with Crippen molar-refractivity contribution in [2.24, 2.45) is 5.11 Å². The van der Waals surface area contributed by atoms with E-state index in [1.807, 2.05) is 0 Å². The van der Waals surface area contributed by atoms with E-state index >= 15 is 0 Å². The van der Waals surface area contributed by atoms with Gasteiger partial charge in [0.1, 0.15) is 0 Å². The first kappa shape index (κ1) is 20.4. The number of unbranched alkanes of at least 4 members (excludes halogenated alkanes) is 8. The SMILES string of the molecule is [N-]=[N+]=NCCCCCCCCCCCC(=O)O.[N-]=[N+]=[N-]. The lowest BCUT2D eigenvalue weighted by atomic mass is 10.1. The Morgan fingerprint density at radius 1 is 0.850 bits per heavy atom. The van der Waals surface area contributed by atoms with Crippen LogP contribution in [0.15, 0.2) is 5.11 Å². The van der Waals surface area contributed by atoms with Gasteiger partial charge in [-0.25, -0.2) is 0 Å². The monoisotopic (exact) mass is 283 g/mol. The third-order valence-electron chi connectivity index (χ3n) is 2.71. The van der Waals surface area contributed by atoms with Crippen LogP contribution >= 0.6 is 0 Å². The van der Waals surface area contributed by atoms with Crippen molar-refractivity contribution in [3.63, 3.8) is 0 Å². The molecule has 0 aliphatic heterocycles. The highest BCUT2D eigenvalue weighted by Crippen LogP contribution is 2.10. The van der Waals surface area contributed by atoms with E-state index in [9.17, 15) is 4.79 Å². The molecule has 0 amide bonds. The largest absolute Gasteiger partial charge is 0.481 e. The molecule has 0 atom stereocenters. The summed E-state index contributed by atoms with van der Waals surface area (Å²) in [5, 5.41) is 11.9. The standard InChI is InChI=1S/C12H23N3O2.N3/c13-15-14-11-9-7-5-3-1-2-4-6-8-10-12(16)17;1-3-2/h1-11H2,(H,16,17);/q;-1. The number of hydrogen-bond acceptors (Lipinski definition) is 2. The lowest BCUT2D eigenvalue weighted by Crippen LogP contribution is -1.93. The number of hydrogen-bond donors (Lipinski definition) is 1. The molecule has 0 heterocycles. The molecule has 0 radical (unpaired) electrons. The molecule has 0 unspecified atom stereocenters. The molecule has 0 saturated carbocycles. The zero-order valence-corrected chi connectivity index (χ0v) is 11.8. The van der Waals surface area contributed by atoms with Crippen LogP contribution in [0.25, 0.3) is 26.4 Å². The number of carboxylic acids is 1. The van der Waals surface area contributed by atoms with E-state index in [0.717, 1.165) is 32.1 Å². The molecule has 0 fully saturated rings. The highest BCUT2D eigenvalue weighted by Gasteiger charge is 1.96. The van der Waals surface area contributed by atoms with Gasteiger partial charge in [-0.3, -0.25) is 9.71 Å². The van der Waals surface area contributed by atoms with Crippen LogP contribution < -0.4 is 0 Å². The molecule has 0 rings (SSSR count). The first-order valence-electron chi connectivity index (χ1n) is 6.90. The topological polar surface area (TPSA) is 145 Å². The Hall–Kier alpha value is -1.91. The second-order valence-electron chi connectivity index (χ2n) is 4.37. The molecule has 0 aliphatic rings. The molecule has 1 N–H and O–H groups in total. The van der Waals surface area contributed by atoms with Gasteiger partial charge in [-0.15, -0.1) is 0 Å².